The summed E-state index contributed by atoms with van der Waals surface area (Å²) in [6, 6.07) is 5.64. The maximum Gasteiger partial charge on any atom is 0.306 e. The van der Waals surface area contributed by atoms with Crippen LogP contribution in [0.5, 0.6) is 0 Å². The second kappa shape index (κ2) is 9.94. The molecule has 1 fully saturated rings. The van der Waals surface area contributed by atoms with E-state index in [1.165, 1.54) is 25.7 Å². The normalized spacial score (nSPS) is 14.1. The minimum absolute atomic E-state index is 0.161. The van der Waals surface area contributed by atoms with E-state index in [0.29, 0.717) is 12.3 Å². The first kappa shape index (κ1) is 19.9. The van der Waals surface area contributed by atoms with Crippen LogP contribution in [-0.2, 0) is 19.1 Å². The largest absolute Gasteiger partial charge is 0.456 e. The molecule has 142 valence electrons. The van der Waals surface area contributed by atoms with Gasteiger partial charge in [0.25, 0.3) is 5.91 Å². The van der Waals surface area contributed by atoms with E-state index in [2.05, 4.69) is 10.6 Å². The van der Waals surface area contributed by atoms with Crippen molar-refractivity contribution in [3.8, 4) is 0 Å². The standard InChI is InChI=1S/C20H28N2O4/c1-14-6-5-9-17(15(14)2)22-18(23)12-21-19(24)13-26-20(25)11-10-16-7-3-4-8-16/h5-6,9,16H,3-4,7-8,10-13H2,1-2H3,(H,21,24)(H,22,23). The van der Waals surface area contributed by atoms with E-state index in [1.54, 1.807) is 0 Å². The number of anilines is 1. The lowest BCUT2D eigenvalue weighted by molar-refractivity contribution is -0.148. The molecule has 26 heavy (non-hydrogen) atoms. The molecular formula is C20H28N2O4. The predicted molar refractivity (Wildman–Crippen MR) is 99.7 cm³/mol. The molecule has 6 heteroatoms. The third kappa shape index (κ3) is 6.50. The number of hydrogen-bond acceptors (Lipinski definition) is 4. The summed E-state index contributed by atoms with van der Waals surface area (Å²) in [6.45, 7) is 3.38. The molecular weight excluding hydrogens is 332 g/mol. The molecule has 2 N–H and O–H groups in total. The van der Waals surface area contributed by atoms with Crippen LogP contribution < -0.4 is 10.6 Å². The molecule has 0 heterocycles. The number of aryl methyl sites for hydroxylation is 1. The number of rotatable bonds is 8. The van der Waals surface area contributed by atoms with Crippen LogP contribution in [0, 0.1) is 19.8 Å². The third-order valence-corrected chi connectivity index (χ3v) is 4.92. The predicted octanol–water partition coefficient (Wildman–Crippen LogP) is 2.87. The highest BCUT2D eigenvalue weighted by Gasteiger charge is 2.17. The SMILES string of the molecule is Cc1cccc(NC(=O)CNC(=O)COC(=O)CCC2CCCC2)c1C. The third-order valence-electron chi connectivity index (χ3n) is 4.92. The Bertz CT molecular complexity index is 651. The summed E-state index contributed by atoms with van der Waals surface area (Å²) in [5.74, 6) is -0.535. The van der Waals surface area contributed by atoms with Crippen LogP contribution in [-0.4, -0.2) is 30.9 Å². The van der Waals surface area contributed by atoms with Crippen LogP contribution >= 0.6 is 0 Å². The van der Waals surface area contributed by atoms with Gasteiger partial charge in [-0.05, 0) is 43.4 Å². The van der Waals surface area contributed by atoms with E-state index in [9.17, 15) is 14.4 Å². The lowest BCUT2D eigenvalue weighted by Crippen LogP contribution is -2.35. The average Bonchev–Trinajstić information content (AvgIpc) is 3.14. The minimum Gasteiger partial charge on any atom is -0.456 e. The molecule has 1 aromatic carbocycles. The highest BCUT2D eigenvalue weighted by molar-refractivity contribution is 5.95. The van der Waals surface area contributed by atoms with Gasteiger partial charge in [0.2, 0.25) is 5.91 Å². The Kier molecular flexibility index (Phi) is 7.63. The van der Waals surface area contributed by atoms with Crippen LogP contribution in [0.4, 0.5) is 5.69 Å². The zero-order chi connectivity index (χ0) is 18.9. The molecule has 0 radical (unpaired) electrons. The first-order chi connectivity index (χ1) is 12.5. The Balaban J connectivity index is 1.62. The van der Waals surface area contributed by atoms with Gasteiger partial charge in [0.15, 0.2) is 6.61 Å². The van der Waals surface area contributed by atoms with Gasteiger partial charge < -0.3 is 15.4 Å². The van der Waals surface area contributed by atoms with Gasteiger partial charge in [0.1, 0.15) is 0 Å². The molecule has 1 aromatic rings. The fourth-order valence-corrected chi connectivity index (χ4v) is 3.15. The van der Waals surface area contributed by atoms with Crippen LogP contribution in [0.1, 0.15) is 49.7 Å². The van der Waals surface area contributed by atoms with Crippen molar-refractivity contribution < 1.29 is 19.1 Å². The summed E-state index contributed by atoms with van der Waals surface area (Å²) < 4.78 is 4.97. The number of hydrogen-bond donors (Lipinski definition) is 2. The van der Waals surface area contributed by atoms with Crippen molar-refractivity contribution in [2.24, 2.45) is 5.92 Å². The number of benzene rings is 1. The Hall–Kier alpha value is -2.37. The summed E-state index contributed by atoms with van der Waals surface area (Å²) in [7, 11) is 0. The van der Waals surface area contributed by atoms with E-state index in [-0.39, 0.29) is 25.0 Å². The van der Waals surface area contributed by atoms with Crippen LogP contribution in [0.25, 0.3) is 0 Å². The molecule has 0 bridgehead atoms. The highest BCUT2D eigenvalue weighted by atomic mass is 16.5. The second-order valence-electron chi connectivity index (χ2n) is 6.92. The van der Waals surface area contributed by atoms with E-state index < -0.39 is 5.91 Å². The molecule has 0 atom stereocenters. The van der Waals surface area contributed by atoms with Crippen LogP contribution in [0.15, 0.2) is 18.2 Å². The van der Waals surface area contributed by atoms with Gasteiger partial charge in [-0.1, -0.05) is 37.8 Å². The number of nitrogens with one attached hydrogen (secondary N) is 2. The minimum atomic E-state index is -0.477. The molecule has 1 saturated carbocycles. The Morgan fingerprint density at radius 3 is 2.58 bits per heavy atom. The van der Waals surface area contributed by atoms with Crippen molar-refractivity contribution in [3.05, 3.63) is 29.3 Å². The van der Waals surface area contributed by atoms with Crippen molar-refractivity contribution in [2.45, 2.75) is 52.4 Å². The van der Waals surface area contributed by atoms with Crippen LogP contribution in [0.3, 0.4) is 0 Å². The molecule has 6 nitrogen and oxygen atoms in total. The van der Waals surface area contributed by atoms with Crippen molar-refractivity contribution in [1.29, 1.82) is 0 Å². The van der Waals surface area contributed by atoms with E-state index >= 15 is 0 Å². The molecule has 0 spiro atoms. The fourth-order valence-electron chi connectivity index (χ4n) is 3.15. The summed E-state index contributed by atoms with van der Waals surface area (Å²) in [6.07, 6.45) is 6.04. The van der Waals surface area contributed by atoms with Crippen LogP contribution in [0.2, 0.25) is 0 Å². The van der Waals surface area contributed by atoms with Gasteiger partial charge >= 0.3 is 5.97 Å². The number of carbonyl (C=O) groups is 3. The summed E-state index contributed by atoms with van der Waals surface area (Å²) in [5, 5.41) is 5.22. The lowest BCUT2D eigenvalue weighted by atomic mass is 10.0. The van der Waals surface area contributed by atoms with E-state index in [1.807, 2.05) is 32.0 Å². The van der Waals surface area contributed by atoms with Crippen molar-refractivity contribution in [3.63, 3.8) is 0 Å². The Labute approximate surface area is 154 Å². The molecule has 0 unspecified atom stereocenters. The van der Waals surface area contributed by atoms with Gasteiger partial charge in [0.05, 0.1) is 6.54 Å². The number of esters is 1. The fraction of sp³-hybridized carbons (Fsp3) is 0.550. The number of ether oxygens (including phenoxy) is 1. The molecule has 2 amide bonds. The second-order valence-corrected chi connectivity index (χ2v) is 6.92. The van der Waals surface area contributed by atoms with Gasteiger partial charge in [-0.15, -0.1) is 0 Å². The average molecular weight is 360 g/mol. The lowest BCUT2D eigenvalue weighted by Gasteiger charge is -2.11. The van der Waals surface area contributed by atoms with Gasteiger partial charge in [0, 0.05) is 12.1 Å². The topological polar surface area (TPSA) is 84.5 Å². The van der Waals surface area contributed by atoms with Crippen molar-refractivity contribution >= 4 is 23.5 Å². The monoisotopic (exact) mass is 360 g/mol. The first-order valence-corrected chi connectivity index (χ1v) is 9.24. The summed E-state index contributed by atoms with van der Waals surface area (Å²) in [4.78, 5) is 35.3. The molecule has 1 aliphatic carbocycles. The first-order valence-electron chi connectivity index (χ1n) is 9.24. The maximum atomic E-state index is 11.9. The zero-order valence-electron chi connectivity index (χ0n) is 15.6. The quantitative estimate of drug-likeness (QED) is 0.698. The smallest absolute Gasteiger partial charge is 0.306 e. The van der Waals surface area contributed by atoms with Gasteiger partial charge in [-0.2, -0.15) is 0 Å². The molecule has 0 saturated heterocycles. The highest BCUT2D eigenvalue weighted by Crippen LogP contribution is 2.28. The Morgan fingerprint density at radius 1 is 1.12 bits per heavy atom. The van der Waals surface area contributed by atoms with E-state index in [4.69, 9.17) is 4.74 Å². The number of amides is 2. The molecule has 1 aliphatic rings. The van der Waals surface area contributed by atoms with E-state index in [0.717, 1.165) is 23.2 Å². The van der Waals surface area contributed by atoms with Crippen molar-refractivity contribution in [1.82, 2.24) is 5.32 Å². The molecule has 2 rings (SSSR count). The molecule has 0 aromatic heterocycles. The summed E-state index contributed by atoms with van der Waals surface area (Å²) >= 11 is 0. The summed E-state index contributed by atoms with van der Waals surface area (Å²) in [5.41, 5.74) is 2.79. The van der Waals surface area contributed by atoms with Gasteiger partial charge in [-0.25, -0.2) is 0 Å². The maximum absolute atomic E-state index is 11.9. The Morgan fingerprint density at radius 2 is 1.85 bits per heavy atom. The zero-order valence-corrected chi connectivity index (χ0v) is 15.6. The molecule has 0 aliphatic heterocycles. The van der Waals surface area contributed by atoms with Crippen molar-refractivity contribution in [2.75, 3.05) is 18.5 Å². The number of carbonyl (C=O) groups excluding carboxylic acids is 3. The van der Waals surface area contributed by atoms with Gasteiger partial charge in [-0.3, -0.25) is 14.4 Å².